The van der Waals surface area contributed by atoms with E-state index >= 15 is 0 Å². The molecule has 0 rings (SSSR count). The number of ether oxygens (including phenoxy) is 5. The molecule has 0 aliphatic heterocycles. The lowest BCUT2D eigenvalue weighted by atomic mass is 9.99. The fourth-order valence-corrected chi connectivity index (χ4v) is 1.79. The van der Waals surface area contributed by atoms with Crippen molar-refractivity contribution >= 4 is 29.8 Å². The lowest BCUT2D eigenvalue weighted by Crippen LogP contribution is -2.26. The van der Waals surface area contributed by atoms with E-state index in [1.807, 2.05) is 111 Å². The summed E-state index contributed by atoms with van der Waals surface area (Å²) < 4.78 is 24.0. The van der Waals surface area contributed by atoms with Gasteiger partial charge in [-0.25, -0.2) is 0 Å². The molecule has 0 spiro atoms. The van der Waals surface area contributed by atoms with E-state index in [4.69, 9.17) is 14.2 Å². The quantitative estimate of drug-likeness (QED) is 0.189. The van der Waals surface area contributed by atoms with Gasteiger partial charge >= 0.3 is 29.8 Å². The number of hydrogen-bond acceptors (Lipinski definition) is 10. The van der Waals surface area contributed by atoms with E-state index in [1.54, 1.807) is 20.8 Å². The molecule has 45 heavy (non-hydrogen) atoms. The van der Waals surface area contributed by atoms with Gasteiger partial charge < -0.3 is 23.7 Å². The highest BCUT2D eigenvalue weighted by atomic mass is 16.6. The number of carbonyl (C=O) groups excluding carboxylic acids is 5. The molecule has 270 valence electrons. The summed E-state index contributed by atoms with van der Waals surface area (Å²) in [6.07, 6.45) is 0.0138. The second kappa shape index (κ2) is 27.6. The topological polar surface area (TPSA) is 132 Å². The van der Waals surface area contributed by atoms with Crippen molar-refractivity contribution in [2.24, 2.45) is 35.0 Å². The second-order valence-corrected chi connectivity index (χ2v) is 14.2. The Hall–Kier alpha value is -2.65. The minimum atomic E-state index is -0.346. The smallest absolute Gasteiger partial charge is 0.308 e. The van der Waals surface area contributed by atoms with Crippen LogP contribution in [0.4, 0.5) is 0 Å². The van der Waals surface area contributed by atoms with E-state index in [1.165, 1.54) is 7.11 Å². The number of esters is 5. The normalized spacial score (nSPS) is 10.7. The van der Waals surface area contributed by atoms with Gasteiger partial charge in [-0.1, -0.05) is 90.0 Å². The Balaban J connectivity index is -0.000000149. The van der Waals surface area contributed by atoms with Crippen LogP contribution in [0.25, 0.3) is 0 Å². The second-order valence-electron chi connectivity index (χ2n) is 14.2. The van der Waals surface area contributed by atoms with Gasteiger partial charge in [-0.05, 0) is 47.0 Å². The first-order valence-electron chi connectivity index (χ1n) is 15.9. The summed E-state index contributed by atoms with van der Waals surface area (Å²) in [7, 11) is 1.39. The zero-order valence-electron chi connectivity index (χ0n) is 32.5. The zero-order valence-corrected chi connectivity index (χ0v) is 32.5. The van der Waals surface area contributed by atoms with Gasteiger partial charge in [0.05, 0.1) is 56.0 Å². The van der Waals surface area contributed by atoms with Crippen LogP contribution in [0.1, 0.15) is 132 Å². The molecule has 0 radical (unpaired) electrons. The fraction of sp³-hybridized carbons (Fsp3) is 0.857. The van der Waals surface area contributed by atoms with E-state index in [9.17, 15) is 24.0 Å². The monoisotopic (exact) mass is 650 g/mol. The number of hydrogen-bond donors (Lipinski definition) is 0. The fourth-order valence-electron chi connectivity index (χ4n) is 1.79. The van der Waals surface area contributed by atoms with Gasteiger partial charge in [-0.15, -0.1) is 0 Å². The molecule has 0 bridgehead atoms. The first-order chi connectivity index (χ1) is 20.1. The SMILES string of the molecule is CC(C)C(=O)OC(C)(C)C.CC(C)C(=O)OCC(C)(C)C.CC(C)OC(=O)C(C)C.CCOC(=O)C(C)C.COC(=O)C(C)C. The molecule has 0 atom stereocenters. The Bertz CT molecular complexity index is 796. The Morgan fingerprint density at radius 2 is 0.844 bits per heavy atom. The van der Waals surface area contributed by atoms with Crippen LogP contribution in [0.5, 0.6) is 0 Å². The molecular weight excluding hydrogens is 580 g/mol. The number of methoxy groups -OCH3 is 1. The average Bonchev–Trinajstić information content (AvgIpc) is 2.86. The molecule has 0 saturated heterocycles. The van der Waals surface area contributed by atoms with Crippen LogP contribution in [0.15, 0.2) is 0 Å². The molecule has 10 heteroatoms. The highest BCUT2D eigenvalue weighted by Gasteiger charge is 2.18. The summed E-state index contributed by atoms with van der Waals surface area (Å²) in [5, 5.41) is 0. The lowest BCUT2D eigenvalue weighted by molar-refractivity contribution is -0.158. The first kappa shape index (κ1) is 51.9. The molecule has 0 aromatic heterocycles. The summed E-state index contributed by atoms with van der Waals surface area (Å²) in [5.74, 6) is -0.672. The Labute approximate surface area is 276 Å². The Morgan fingerprint density at radius 3 is 0.978 bits per heavy atom. The third-order valence-electron chi connectivity index (χ3n) is 4.25. The summed E-state index contributed by atoms with van der Waals surface area (Å²) in [4.78, 5) is 53.4. The van der Waals surface area contributed by atoms with Crippen molar-refractivity contribution in [1.82, 2.24) is 0 Å². The van der Waals surface area contributed by atoms with Crippen molar-refractivity contribution in [3.63, 3.8) is 0 Å². The molecule has 0 aliphatic rings. The van der Waals surface area contributed by atoms with Crippen LogP contribution in [0.2, 0.25) is 0 Å². The Morgan fingerprint density at radius 1 is 0.511 bits per heavy atom. The van der Waals surface area contributed by atoms with Crippen molar-refractivity contribution in [1.29, 1.82) is 0 Å². The van der Waals surface area contributed by atoms with Crippen LogP contribution in [0.3, 0.4) is 0 Å². The minimum Gasteiger partial charge on any atom is -0.469 e. The lowest BCUT2D eigenvalue weighted by Gasteiger charge is -2.20. The van der Waals surface area contributed by atoms with Gasteiger partial charge in [0, 0.05) is 0 Å². The molecule has 0 aromatic rings. The van der Waals surface area contributed by atoms with Crippen molar-refractivity contribution in [3.05, 3.63) is 0 Å². The highest BCUT2D eigenvalue weighted by molar-refractivity contribution is 5.73. The maximum atomic E-state index is 11.0. The predicted molar refractivity (Wildman–Crippen MR) is 180 cm³/mol. The van der Waals surface area contributed by atoms with E-state index in [0.717, 1.165) is 0 Å². The number of carbonyl (C=O) groups is 5. The molecule has 0 fully saturated rings. The predicted octanol–water partition coefficient (Wildman–Crippen LogP) is 7.83. The minimum absolute atomic E-state index is 0.00463. The third kappa shape index (κ3) is 45.9. The summed E-state index contributed by atoms with van der Waals surface area (Å²) in [5.41, 5.74) is -0.272. The summed E-state index contributed by atoms with van der Waals surface area (Å²) in [6, 6.07) is 0. The van der Waals surface area contributed by atoms with Crippen LogP contribution < -0.4 is 0 Å². The van der Waals surface area contributed by atoms with E-state index in [2.05, 4.69) is 9.47 Å². The molecule has 0 heterocycles. The summed E-state index contributed by atoms with van der Waals surface area (Å²) >= 11 is 0. The molecule has 0 aromatic carbocycles. The maximum Gasteiger partial charge on any atom is 0.308 e. The largest absolute Gasteiger partial charge is 0.469 e. The van der Waals surface area contributed by atoms with Gasteiger partial charge in [0.1, 0.15) is 5.60 Å². The standard InChI is InChI=1S/C9H18O2.C8H16O2.C7H14O2.C6H12O2.C5H10O2/c1-7(2)8(10)11-6-9(3,4)5;1-6(2)7(9)10-8(3,4)5;1-5(2)7(8)9-6(3)4;1-4-8-6(7)5(2)3;1-4(2)5(6)7-3/h7H,6H2,1-5H3;6H,1-5H3;5-6H,1-4H3;5H,4H2,1-3H3;4H,1-3H3. The van der Waals surface area contributed by atoms with Gasteiger partial charge in [-0.3, -0.25) is 24.0 Å². The van der Waals surface area contributed by atoms with E-state index in [0.29, 0.717) is 13.2 Å². The maximum absolute atomic E-state index is 11.0. The van der Waals surface area contributed by atoms with Crippen LogP contribution in [0, 0.1) is 35.0 Å². The van der Waals surface area contributed by atoms with Crippen molar-refractivity contribution < 1.29 is 47.7 Å². The van der Waals surface area contributed by atoms with Crippen molar-refractivity contribution in [2.75, 3.05) is 20.3 Å². The summed E-state index contributed by atoms with van der Waals surface area (Å²) in [6.45, 7) is 36.4. The van der Waals surface area contributed by atoms with Crippen molar-refractivity contribution in [3.8, 4) is 0 Å². The number of rotatable bonds is 8. The van der Waals surface area contributed by atoms with Gasteiger partial charge in [0.15, 0.2) is 0 Å². The zero-order chi connectivity index (χ0) is 37.3. The van der Waals surface area contributed by atoms with E-state index < -0.39 is 0 Å². The molecule has 0 aliphatic carbocycles. The van der Waals surface area contributed by atoms with Gasteiger partial charge in [0.25, 0.3) is 0 Å². The van der Waals surface area contributed by atoms with E-state index in [-0.39, 0.29) is 76.6 Å². The van der Waals surface area contributed by atoms with Crippen LogP contribution in [-0.2, 0) is 47.7 Å². The molecule has 0 saturated carbocycles. The third-order valence-corrected chi connectivity index (χ3v) is 4.25. The highest BCUT2D eigenvalue weighted by Crippen LogP contribution is 2.14. The van der Waals surface area contributed by atoms with Gasteiger partial charge in [0.2, 0.25) is 0 Å². The average molecular weight is 651 g/mol. The first-order valence-corrected chi connectivity index (χ1v) is 15.9. The molecule has 10 nitrogen and oxygen atoms in total. The van der Waals surface area contributed by atoms with Crippen LogP contribution in [-0.4, -0.2) is 61.9 Å². The molecule has 0 unspecified atom stereocenters. The van der Waals surface area contributed by atoms with Crippen LogP contribution >= 0.6 is 0 Å². The Kier molecular flexibility index (Phi) is 31.9. The molecule has 0 N–H and O–H groups in total. The van der Waals surface area contributed by atoms with Crippen molar-refractivity contribution in [2.45, 2.75) is 143 Å². The molecule has 0 amide bonds. The molecular formula is C35H70O10. The van der Waals surface area contributed by atoms with Gasteiger partial charge in [-0.2, -0.15) is 0 Å².